The summed E-state index contributed by atoms with van der Waals surface area (Å²) in [5, 5.41) is 0. The molecule has 2 aromatic carbocycles. The van der Waals surface area contributed by atoms with Crippen LogP contribution in [0.5, 0.6) is 0 Å². The quantitative estimate of drug-likeness (QED) is 0.863. The van der Waals surface area contributed by atoms with Crippen LogP contribution in [0.25, 0.3) is 0 Å². The van der Waals surface area contributed by atoms with Gasteiger partial charge in [0.05, 0.1) is 4.90 Å². The average molecular weight is 390 g/mol. The van der Waals surface area contributed by atoms with E-state index in [4.69, 9.17) is 0 Å². The molecule has 1 fully saturated rings. The number of anilines is 1. The van der Waals surface area contributed by atoms with E-state index in [1.165, 1.54) is 18.2 Å². The highest BCUT2D eigenvalue weighted by molar-refractivity contribution is 7.92. The van der Waals surface area contributed by atoms with Gasteiger partial charge in [0.1, 0.15) is 5.82 Å². The van der Waals surface area contributed by atoms with Crippen LogP contribution in [0.2, 0.25) is 0 Å². The molecular formula is C20H23FN2O3S. The van der Waals surface area contributed by atoms with Crippen LogP contribution < -0.4 is 4.72 Å². The minimum atomic E-state index is -3.94. The number of nitrogens with zero attached hydrogens (tertiary/aromatic N) is 1. The van der Waals surface area contributed by atoms with Gasteiger partial charge in [-0.3, -0.25) is 9.52 Å². The summed E-state index contributed by atoms with van der Waals surface area (Å²) in [6.45, 7) is 5.15. The van der Waals surface area contributed by atoms with Gasteiger partial charge in [-0.15, -0.1) is 0 Å². The van der Waals surface area contributed by atoms with Crippen molar-refractivity contribution in [2.24, 2.45) is 5.92 Å². The fourth-order valence-electron chi connectivity index (χ4n) is 3.06. The number of sulfonamides is 1. The maximum atomic E-state index is 13.7. The Morgan fingerprint density at radius 3 is 2.52 bits per heavy atom. The molecule has 1 N–H and O–H groups in total. The Hall–Kier alpha value is -2.41. The molecule has 0 aliphatic carbocycles. The first-order valence-corrected chi connectivity index (χ1v) is 10.4. The van der Waals surface area contributed by atoms with Gasteiger partial charge in [0.25, 0.3) is 15.9 Å². The third-order valence-electron chi connectivity index (χ3n) is 4.89. The molecule has 0 aromatic heterocycles. The normalized spacial score (nSPS) is 15.6. The summed E-state index contributed by atoms with van der Waals surface area (Å²) in [5.41, 5.74) is 1.07. The molecule has 2 aromatic rings. The van der Waals surface area contributed by atoms with Gasteiger partial charge in [-0.1, -0.05) is 19.1 Å². The average Bonchev–Trinajstić information content (AvgIpc) is 2.64. The molecule has 5 nitrogen and oxygen atoms in total. The largest absolute Gasteiger partial charge is 0.339 e. The van der Waals surface area contributed by atoms with Gasteiger partial charge in [0.15, 0.2) is 0 Å². The summed E-state index contributed by atoms with van der Waals surface area (Å²) < 4.78 is 41.2. The Kier molecular flexibility index (Phi) is 5.51. The number of benzene rings is 2. The van der Waals surface area contributed by atoms with Gasteiger partial charge in [0.2, 0.25) is 0 Å². The van der Waals surface area contributed by atoms with E-state index in [2.05, 4.69) is 11.6 Å². The lowest BCUT2D eigenvalue weighted by molar-refractivity contribution is 0.0697. The topological polar surface area (TPSA) is 66.5 Å². The molecule has 0 saturated carbocycles. The predicted molar refractivity (Wildman–Crippen MR) is 103 cm³/mol. The SMILES string of the molecule is Cc1ccc(S(=O)(=O)Nc2cccc(C(=O)N3CCC(C)CC3)c2)cc1F. The van der Waals surface area contributed by atoms with Crippen LogP contribution in [-0.2, 0) is 10.0 Å². The number of rotatable bonds is 4. The van der Waals surface area contributed by atoms with Crippen molar-refractivity contribution in [3.8, 4) is 0 Å². The molecule has 0 bridgehead atoms. The fraction of sp³-hybridized carbons (Fsp3) is 0.350. The Labute approximate surface area is 159 Å². The molecule has 0 spiro atoms. The molecule has 1 amide bonds. The standard InChI is InChI=1S/C20H23FN2O3S/c1-14-8-10-23(11-9-14)20(24)16-4-3-5-17(12-16)22-27(25,26)18-7-6-15(2)19(21)13-18/h3-7,12-14,22H,8-11H2,1-2H3. The van der Waals surface area contributed by atoms with Crippen LogP contribution in [0, 0.1) is 18.7 Å². The second-order valence-corrected chi connectivity index (χ2v) is 8.75. The summed E-state index contributed by atoms with van der Waals surface area (Å²) in [5.74, 6) is -0.0763. The van der Waals surface area contributed by atoms with Gasteiger partial charge < -0.3 is 4.90 Å². The molecule has 0 atom stereocenters. The lowest BCUT2D eigenvalue weighted by Crippen LogP contribution is -2.37. The third kappa shape index (κ3) is 4.47. The highest BCUT2D eigenvalue weighted by atomic mass is 32.2. The number of likely N-dealkylation sites (tertiary alicyclic amines) is 1. The van der Waals surface area contributed by atoms with Crippen LogP contribution in [0.4, 0.5) is 10.1 Å². The van der Waals surface area contributed by atoms with E-state index >= 15 is 0 Å². The van der Waals surface area contributed by atoms with Gasteiger partial charge in [0, 0.05) is 24.3 Å². The Morgan fingerprint density at radius 2 is 1.85 bits per heavy atom. The number of hydrogen-bond donors (Lipinski definition) is 1. The van der Waals surface area contributed by atoms with Crippen molar-refractivity contribution in [1.29, 1.82) is 0 Å². The van der Waals surface area contributed by atoms with Gasteiger partial charge in [-0.2, -0.15) is 0 Å². The number of aryl methyl sites for hydroxylation is 1. The second-order valence-electron chi connectivity index (χ2n) is 7.07. The zero-order valence-corrected chi connectivity index (χ0v) is 16.2. The first kappa shape index (κ1) is 19.4. The molecule has 1 aliphatic heterocycles. The maximum absolute atomic E-state index is 13.7. The van der Waals surface area contributed by atoms with Crippen molar-refractivity contribution in [1.82, 2.24) is 4.90 Å². The smallest absolute Gasteiger partial charge is 0.261 e. The second kappa shape index (κ2) is 7.68. The molecule has 7 heteroatoms. The minimum absolute atomic E-state index is 0.107. The number of nitrogens with one attached hydrogen (secondary N) is 1. The van der Waals surface area contributed by atoms with Crippen molar-refractivity contribution in [2.45, 2.75) is 31.6 Å². The minimum Gasteiger partial charge on any atom is -0.339 e. The third-order valence-corrected chi connectivity index (χ3v) is 6.27. The summed E-state index contributed by atoms with van der Waals surface area (Å²) in [6, 6.07) is 10.1. The highest BCUT2D eigenvalue weighted by Crippen LogP contribution is 2.22. The number of amides is 1. The molecule has 1 heterocycles. The zero-order valence-electron chi connectivity index (χ0n) is 15.4. The lowest BCUT2D eigenvalue weighted by Gasteiger charge is -2.30. The molecule has 0 unspecified atom stereocenters. The number of carbonyl (C=O) groups is 1. The molecule has 0 radical (unpaired) electrons. The molecule has 144 valence electrons. The summed E-state index contributed by atoms with van der Waals surface area (Å²) >= 11 is 0. The van der Waals surface area contributed by atoms with Crippen molar-refractivity contribution in [3.05, 3.63) is 59.4 Å². The van der Waals surface area contributed by atoms with Crippen LogP contribution in [-0.4, -0.2) is 32.3 Å². The Bertz CT molecular complexity index is 951. The molecule has 27 heavy (non-hydrogen) atoms. The summed E-state index contributed by atoms with van der Waals surface area (Å²) in [4.78, 5) is 14.3. The van der Waals surface area contributed by atoms with E-state index in [0.29, 0.717) is 30.1 Å². The highest BCUT2D eigenvalue weighted by Gasteiger charge is 2.22. The maximum Gasteiger partial charge on any atom is 0.261 e. The van der Waals surface area contributed by atoms with Gasteiger partial charge in [-0.05, 0) is 61.6 Å². The first-order chi connectivity index (χ1) is 12.8. The van der Waals surface area contributed by atoms with E-state index in [0.717, 1.165) is 18.9 Å². The van der Waals surface area contributed by atoms with Crippen LogP contribution >= 0.6 is 0 Å². The summed E-state index contributed by atoms with van der Waals surface area (Å²) in [6.07, 6.45) is 1.94. The fourth-order valence-corrected chi connectivity index (χ4v) is 4.13. The van der Waals surface area contributed by atoms with Crippen molar-refractivity contribution in [2.75, 3.05) is 17.8 Å². The number of carbonyl (C=O) groups excluding carboxylic acids is 1. The molecular weight excluding hydrogens is 367 g/mol. The van der Waals surface area contributed by atoms with E-state index in [1.54, 1.807) is 30.0 Å². The lowest BCUT2D eigenvalue weighted by atomic mass is 9.98. The zero-order chi connectivity index (χ0) is 19.6. The van der Waals surface area contributed by atoms with E-state index < -0.39 is 15.8 Å². The van der Waals surface area contributed by atoms with Crippen LogP contribution in [0.3, 0.4) is 0 Å². The molecule has 1 saturated heterocycles. The van der Waals surface area contributed by atoms with Crippen LogP contribution in [0.1, 0.15) is 35.7 Å². The molecule has 3 rings (SSSR count). The predicted octanol–water partition coefficient (Wildman–Crippen LogP) is 3.81. The van der Waals surface area contributed by atoms with Crippen molar-refractivity contribution in [3.63, 3.8) is 0 Å². The van der Waals surface area contributed by atoms with Crippen molar-refractivity contribution < 1.29 is 17.6 Å². The van der Waals surface area contributed by atoms with E-state index in [1.807, 2.05) is 0 Å². The van der Waals surface area contributed by atoms with E-state index in [9.17, 15) is 17.6 Å². The molecule has 1 aliphatic rings. The van der Waals surface area contributed by atoms with Gasteiger partial charge in [-0.25, -0.2) is 12.8 Å². The Morgan fingerprint density at radius 1 is 1.15 bits per heavy atom. The number of hydrogen-bond acceptors (Lipinski definition) is 3. The van der Waals surface area contributed by atoms with Gasteiger partial charge >= 0.3 is 0 Å². The number of halogens is 1. The van der Waals surface area contributed by atoms with E-state index in [-0.39, 0.29) is 16.5 Å². The Balaban J connectivity index is 1.79. The monoisotopic (exact) mass is 390 g/mol. The van der Waals surface area contributed by atoms with Crippen LogP contribution in [0.15, 0.2) is 47.4 Å². The first-order valence-electron chi connectivity index (χ1n) is 8.94. The summed E-state index contributed by atoms with van der Waals surface area (Å²) in [7, 11) is -3.94. The number of piperidine rings is 1. The van der Waals surface area contributed by atoms with Crippen molar-refractivity contribution >= 4 is 21.6 Å².